The minimum Gasteiger partial charge on any atom is -0.392 e. The second-order valence-corrected chi connectivity index (χ2v) is 7.58. The van der Waals surface area contributed by atoms with Crippen molar-refractivity contribution in [1.29, 1.82) is 0 Å². The molecular weight excluding hydrogens is 288 g/mol. The van der Waals surface area contributed by atoms with Crippen molar-refractivity contribution in [3.05, 3.63) is 28.8 Å². The molecule has 0 unspecified atom stereocenters. The minimum absolute atomic E-state index is 0.0105. The fourth-order valence-corrected chi connectivity index (χ4v) is 4.35. The van der Waals surface area contributed by atoms with E-state index >= 15 is 0 Å². The predicted molar refractivity (Wildman–Crippen MR) is 82.7 cm³/mol. The van der Waals surface area contributed by atoms with Gasteiger partial charge in [-0.05, 0) is 69.6 Å². The van der Waals surface area contributed by atoms with Crippen molar-refractivity contribution in [2.75, 3.05) is 20.1 Å². The van der Waals surface area contributed by atoms with Gasteiger partial charge in [0.1, 0.15) is 0 Å². The summed E-state index contributed by atoms with van der Waals surface area (Å²) < 4.78 is 28.0. The van der Waals surface area contributed by atoms with Crippen molar-refractivity contribution in [2.24, 2.45) is 0 Å². The number of nitrogens with one attached hydrogen (secondary N) is 1. The lowest BCUT2D eigenvalue weighted by atomic mass is 10.1. The quantitative estimate of drug-likeness (QED) is 0.875. The van der Waals surface area contributed by atoms with E-state index in [9.17, 15) is 13.5 Å². The normalized spacial score (nSPS) is 18.1. The van der Waals surface area contributed by atoms with Crippen LogP contribution >= 0.6 is 0 Å². The maximum absolute atomic E-state index is 12.6. The Morgan fingerprint density at radius 2 is 1.90 bits per heavy atom. The maximum Gasteiger partial charge on any atom is 0.241 e. The van der Waals surface area contributed by atoms with Crippen LogP contribution in [0.5, 0.6) is 0 Å². The van der Waals surface area contributed by atoms with Gasteiger partial charge in [0.15, 0.2) is 0 Å². The zero-order valence-corrected chi connectivity index (χ0v) is 13.7. The Labute approximate surface area is 127 Å². The summed E-state index contributed by atoms with van der Waals surface area (Å²) in [5.74, 6) is 0. The lowest BCUT2D eigenvalue weighted by Crippen LogP contribution is -2.43. The van der Waals surface area contributed by atoms with Crippen molar-refractivity contribution in [2.45, 2.75) is 44.2 Å². The van der Waals surface area contributed by atoms with E-state index in [0.717, 1.165) is 37.1 Å². The molecule has 6 heteroatoms. The molecule has 0 atom stereocenters. The third kappa shape index (κ3) is 3.83. The average molecular weight is 312 g/mol. The molecule has 1 aromatic rings. The Kier molecular flexibility index (Phi) is 5.03. The van der Waals surface area contributed by atoms with Crippen LogP contribution in [0.1, 0.15) is 29.5 Å². The third-order valence-corrected chi connectivity index (χ3v) is 5.84. The summed E-state index contributed by atoms with van der Waals surface area (Å²) in [6.45, 7) is 5.32. The molecule has 1 aliphatic heterocycles. The van der Waals surface area contributed by atoms with Crippen LogP contribution in [0.15, 0.2) is 17.0 Å². The van der Waals surface area contributed by atoms with Crippen LogP contribution in [0.4, 0.5) is 0 Å². The number of hydrogen-bond acceptors (Lipinski definition) is 4. The number of benzene rings is 1. The zero-order chi connectivity index (χ0) is 15.6. The molecule has 0 aromatic heterocycles. The average Bonchev–Trinajstić information content (AvgIpc) is 2.43. The molecule has 1 saturated heterocycles. The molecule has 1 aromatic carbocycles. The number of aryl methyl sites for hydroxylation is 1. The van der Waals surface area contributed by atoms with Gasteiger partial charge < -0.3 is 10.0 Å². The van der Waals surface area contributed by atoms with E-state index in [1.54, 1.807) is 13.0 Å². The van der Waals surface area contributed by atoms with E-state index in [4.69, 9.17) is 0 Å². The van der Waals surface area contributed by atoms with Gasteiger partial charge in [0.05, 0.1) is 11.5 Å². The Bertz CT molecular complexity index is 606. The highest BCUT2D eigenvalue weighted by molar-refractivity contribution is 7.89. The summed E-state index contributed by atoms with van der Waals surface area (Å²) >= 11 is 0. The molecule has 118 valence electrons. The van der Waals surface area contributed by atoms with Crippen LogP contribution in [0, 0.1) is 13.8 Å². The number of rotatable bonds is 4. The number of aliphatic hydroxyl groups is 1. The molecule has 2 N–H and O–H groups in total. The molecule has 0 radical (unpaired) electrons. The number of piperidine rings is 1. The van der Waals surface area contributed by atoms with E-state index in [0.29, 0.717) is 5.56 Å². The van der Waals surface area contributed by atoms with Crippen LogP contribution in [-0.4, -0.2) is 44.6 Å². The van der Waals surface area contributed by atoms with Gasteiger partial charge >= 0.3 is 0 Å². The molecule has 21 heavy (non-hydrogen) atoms. The Hall–Kier alpha value is -0.950. The first-order valence-corrected chi connectivity index (χ1v) is 8.73. The molecule has 0 aliphatic carbocycles. The summed E-state index contributed by atoms with van der Waals surface area (Å²) in [6, 6.07) is 3.38. The first-order valence-electron chi connectivity index (χ1n) is 7.25. The number of hydrogen-bond donors (Lipinski definition) is 2. The first-order chi connectivity index (χ1) is 9.83. The highest BCUT2D eigenvalue weighted by atomic mass is 32.2. The molecule has 2 rings (SSSR count). The van der Waals surface area contributed by atoms with Gasteiger partial charge in [-0.1, -0.05) is 6.07 Å². The predicted octanol–water partition coefficient (Wildman–Crippen LogP) is 1.17. The van der Waals surface area contributed by atoms with Crippen molar-refractivity contribution in [3.8, 4) is 0 Å². The van der Waals surface area contributed by atoms with Crippen molar-refractivity contribution in [1.82, 2.24) is 9.62 Å². The Morgan fingerprint density at radius 3 is 2.48 bits per heavy atom. The molecule has 1 heterocycles. The highest BCUT2D eigenvalue weighted by Gasteiger charge is 2.25. The van der Waals surface area contributed by atoms with Crippen LogP contribution in [0.3, 0.4) is 0 Å². The van der Waals surface area contributed by atoms with Crippen molar-refractivity contribution < 1.29 is 13.5 Å². The van der Waals surface area contributed by atoms with Gasteiger partial charge in [0, 0.05) is 6.04 Å². The molecular formula is C15H24N2O3S. The van der Waals surface area contributed by atoms with Gasteiger partial charge in [-0.15, -0.1) is 0 Å². The van der Waals surface area contributed by atoms with Crippen LogP contribution < -0.4 is 4.72 Å². The molecule has 0 saturated carbocycles. The minimum atomic E-state index is -3.54. The molecule has 1 aliphatic rings. The van der Waals surface area contributed by atoms with Gasteiger partial charge in [0.25, 0.3) is 0 Å². The zero-order valence-electron chi connectivity index (χ0n) is 12.9. The number of nitrogens with zero attached hydrogens (tertiary/aromatic N) is 1. The van der Waals surface area contributed by atoms with Crippen LogP contribution in [0.2, 0.25) is 0 Å². The summed E-state index contributed by atoms with van der Waals surface area (Å²) in [6.07, 6.45) is 1.65. The van der Waals surface area contributed by atoms with E-state index in [1.807, 2.05) is 20.0 Å². The lowest BCUT2D eigenvalue weighted by Gasteiger charge is -2.29. The monoisotopic (exact) mass is 312 g/mol. The van der Waals surface area contributed by atoms with Crippen LogP contribution in [-0.2, 0) is 16.6 Å². The summed E-state index contributed by atoms with van der Waals surface area (Å²) in [5, 5.41) is 9.27. The summed E-state index contributed by atoms with van der Waals surface area (Å²) in [4.78, 5) is 2.48. The second kappa shape index (κ2) is 6.44. The molecule has 0 bridgehead atoms. The maximum atomic E-state index is 12.6. The molecule has 1 fully saturated rings. The number of sulfonamides is 1. The van der Waals surface area contributed by atoms with Gasteiger partial charge in [0.2, 0.25) is 10.0 Å². The lowest BCUT2D eigenvalue weighted by molar-refractivity contribution is 0.248. The molecule has 5 nitrogen and oxygen atoms in total. The molecule has 0 amide bonds. The van der Waals surface area contributed by atoms with E-state index in [-0.39, 0.29) is 17.5 Å². The number of likely N-dealkylation sites (tertiary alicyclic amines) is 1. The van der Waals surface area contributed by atoms with Gasteiger partial charge in [-0.25, -0.2) is 13.1 Å². The smallest absolute Gasteiger partial charge is 0.241 e. The fourth-order valence-electron chi connectivity index (χ4n) is 2.68. The van der Waals surface area contributed by atoms with Gasteiger partial charge in [-0.3, -0.25) is 0 Å². The summed E-state index contributed by atoms with van der Waals surface area (Å²) in [5.41, 5.74) is 2.25. The number of aliphatic hydroxyl groups excluding tert-OH is 1. The van der Waals surface area contributed by atoms with Crippen molar-refractivity contribution in [3.63, 3.8) is 0 Å². The Balaban J connectivity index is 2.25. The SMILES string of the molecule is Cc1cc(CO)cc(S(=O)(=O)NC2CCN(C)CC2)c1C. The van der Waals surface area contributed by atoms with E-state index in [2.05, 4.69) is 9.62 Å². The van der Waals surface area contributed by atoms with Gasteiger partial charge in [-0.2, -0.15) is 0 Å². The molecule has 0 spiro atoms. The summed E-state index contributed by atoms with van der Waals surface area (Å²) in [7, 11) is -1.50. The third-order valence-electron chi connectivity index (χ3n) is 4.19. The van der Waals surface area contributed by atoms with E-state index in [1.165, 1.54) is 0 Å². The van der Waals surface area contributed by atoms with E-state index < -0.39 is 10.0 Å². The Morgan fingerprint density at radius 1 is 1.29 bits per heavy atom. The topological polar surface area (TPSA) is 69.6 Å². The van der Waals surface area contributed by atoms with Crippen LogP contribution in [0.25, 0.3) is 0 Å². The second-order valence-electron chi connectivity index (χ2n) is 5.89. The van der Waals surface area contributed by atoms with Crippen molar-refractivity contribution >= 4 is 10.0 Å². The standard InChI is InChI=1S/C15H24N2O3S/c1-11-8-13(10-18)9-15(12(11)2)21(19,20)16-14-4-6-17(3)7-5-14/h8-9,14,16,18H,4-7,10H2,1-3H3. The largest absolute Gasteiger partial charge is 0.392 e. The highest BCUT2D eigenvalue weighted by Crippen LogP contribution is 2.22. The fraction of sp³-hybridized carbons (Fsp3) is 0.600. The first kappa shape index (κ1) is 16.4.